The van der Waals surface area contributed by atoms with Crippen molar-refractivity contribution in [3.8, 4) is 0 Å². The molecule has 1 aliphatic rings. The van der Waals surface area contributed by atoms with Crippen molar-refractivity contribution in [1.29, 1.82) is 0 Å². The smallest absolute Gasteiger partial charge is 0.238 e. The highest BCUT2D eigenvalue weighted by atomic mass is 19.1. The molecule has 0 aliphatic carbocycles. The first-order valence-corrected chi connectivity index (χ1v) is 10.9. The molecule has 7 heteroatoms. The van der Waals surface area contributed by atoms with Crippen molar-refractivity contribution in [2.24, 2.45) is 4.99 Å². The fourth-order valence-corrected chi connectivity index (χ4v) is 4.04. The average molecular weight is 448 g/mol. The molecule has 170 valence electrons. The molecule has 0 saturated heterocycles. The molecule has 1 aliphatic heterocycles. The van der Waals surface area contributed by atoms with E-state index in [1.807, 2.05) is 59.5 Å². The summed E-state index contributed by atoms with van der Waals surface area (Å²) in [5.41, 5.74) is 4.29. The van der Waals surface area contributed by atoms with Gasteiger partial charge in [-0.1, -0.05) is 48.5 Å². The molecule has 1 heterocycles. The molecule has 3 N–H and O–H groups in total. The first-order chi connectivity index (χ1) is 16.1. The number of aliphatic hydroxyl groups excluding tert-OH is 2. The van der Waals surface area contributed by atoms with Crippen molar-refractivity contribution >= 4 is 23.0 Å². The fraction of sp³-hybridized carbons (Fsp3) is 0.231. The molecule has 0 aromatic heterocycles. The standard InChI is InChI=1S/C26H26FN3O3/c27-20-8-11-22-23(16-20)29-26(33)24(22)25(19-4-2-1-3-5-19)28-21-9-6-18(7-10-21)17-30(12-14-31)13-15-32/h1-11,16,24,31-32H,12-15,17H2,(H,29,33). The maximum absolute atomic E-state index is 13.7. The number of carbonyl (C=O) groups excluding carboxylic acids is 1. The Balaban J connectivity index is 1.67. The molecule has 6 nitrogen and oxygen atoms in total. The Morgan fingerprint density at radius 1 is 0.970 bits per heavy atom. The number of aliphatic hydroxyl groups is 2. The van der Waals surface area contributed by atoms with Crippen LogP contribution in [-0.2, 0) is 11.3 Å². The Kier molecular flexibility index (Phi) is 7.24. The number of nitrogens with zero attached hydrogens (tertiary/aromatic N) is 2. The Morgan fingerprint density at radius 3 is 2.33 bits per heavy atom. The first-order valence-electron chi connectivity index (χ1n) is 10.9. The third-order valence-corrected chi connectivity index (χ3v) is 5.61. The number of nitrogens with one attached hydrogen (secondary N) is 1. The molecule has 3 aromatic carbocycles. The Hall–Kier alpha value is -3.39. The second kappa shape index (κ2) is 10.5. The highest BCUT2D eigenvalue weighted by Crippen LogP contribution is 2.36. The second-order valence-corrected chi connectivity index (χ2v) is 7.91. The third kappa shape index (κ3) is 5.34. The summed E-state index contributed by atoms with van der Waals surface area (Å²) in [4.78, 5) is 19.7. The van der Waals surface area contributed by atoms with Crippen LogP contribution in [-0.4, -0.2) is 53.0 Å². The van der Waals surface area contributed by atoms with Crippen molar-refractivity contribution in [3.05, 3.63) is 95.3 Å². The Bertz CT molecular complexity index is 1130. The molecule has 0 saturated carbocycles. The predicted octanol–water partition coefficient (Wildman–Crippen LogP) is 3.47. The van der Waals surface area contributed by atoms with Crippen molar-refractivity contribution in [2.75, 3.05) is 31.6 Å². The van der Waals surface area contributed by atoms with Crippen LogP contribution in [0.15, 0.2) is 77.8 Å². The third-order valence-electron chi connectivity index (χ3n) is 5.61. The summed E-state index contributed by atoms with van der Waals surface area (Å²) in [7, 11) is 0. The summed E-state index contributed by atoms with van der Waals surface area (Å²) < 4.78 is 13.7. The van der Waals surface area contributed by atoms with Gasteiger partial charge in [0, 0.05) is 25.3 Å². The van der Waals surface area contributed by atoms with Crippen molar-refractivity contribution in [2.45, 2.75) is 12.5 Å². The molecule has 1 amide bonds. The average Bonchev–Trinajstić information content (AvgIpc) is 3.14. The van der Waals surface area contributed by atoms with E-state index in [4.69, 9.17) is 4.99 Å². The number of rotatable bonds is 9. The minimum Gasteiger partial charge on any atom is -0.395 e. The first kappa shape index (κ1) is 22.8. The van der Waals surface area contributed by atoms with E-state index in [1.54, 1.807) is 6.07 Å². The van der Waals surface area contributed by atoms with Gasteiger partial charge in [-0.2, -0.15) is 0 Å². The van der Waals surface area contributed by atoms with Crippen LogP contribution in [0, 0.1) is 5.82 Å². The van der Waals surface area contributed by atoms with Gasteiger partial charge in [-0.05, 0) is 41.0 Å². The van der Waals surface area contributed by atoms with Gasteiger partial charge in [0.1, 0.15) is 11.7 Å². The maximum atomic E-state index is 13.7. The van der Waals surface area contributed by atoms with Crippen LogP contribution in [0.4, 0.5) is 15.8 Å². The number of hydrogen-bond donors (Lipinski definition) is 3. The van der Waals surface area contributed by atoms with Gasteiger partial charge in [0.15, 0.2) is 0 Å². The zero-order chi connectivity index (χ0) is 23.2. The van der Waals surface area contributed by atoms with Crippen LogP contribution in [0.3, 0.4) is 0 Å². The van der Waals surface area contributed by atoms with Gasteiger partial charge in [0.25, 0.3) is 0 Å². The lowest BCUT2D eigenvalue weighted by Gasteiger charge is -2.20. The van der Waals surface area contributed by atoms with Crippen LogP contribution in [0.1, 0.15) is 22.6 Å². The summed E-state index contributed by atoms with van der Waals surface area (Å²) in [6.45, 7) is 1.61. The summed E-state index contributed by atoms with van der Waals surface area (Å²) in [5.74, 6) is -1.29. The minimum atomic E-state index is -0.646. The van der Waals surface area contributed by atoms with E-state index < -0.39 is 11.7 Å². The lowest BCUT2D eigenvalue weighted by Crippen LogP contribution is -2.29. The molecule has 1 atom stereocenters. The molecular weight excluding hydrogens is 421 g/mol. The van der Waals surface area contributed by atoms with E-state index in [-0.39, 0.29) is 19.1 Å². The normalized spacial score (nSPS) is 15.6. The predicted molar refractivity (Wildman–Crippen MR) is 126 cm³/mol. The van der Waals surface area contributed by atoms with Crippen molar-refractivity contribution < 1.29 is 19.4 Å². The van der Waals surface area contributed by atoms with Gasteiger partial charge in [0.05, 0.1) is 24.6 Å². The minimum absolute atomic E-state index is 0.0254. The van der Waals surface area contributed by atoms with Crippen LogP contribution >= 0.6 is 0 Å². The van der Waals surface area contributed by atoms with E-state index >= 15 is 0 Å². The van der Waals surface area contributed by atoms with E-state index in [9.17, 15) is 19.4 Å². The number of benzene rings is 3. The van der Waals surface area contributed by atoms with Gasteiger partial charge >= 0.3 is 0 Å². The van der Waals surface area contributed by atoms with Crippen LogP contribution < -0.4 is 5.32 Å². The number of aliphatic imine (C=N–C) groups is 1. The van der Waals surface area contributed by atoms with Gasteiger partial charge in [-0.3, -0.25) is 14.7 Å². The van der Waals surface area contributed by atoms with E-state index in [2.05, 4.69) is 5.32 Å². The monoisotopic (exact) mass is 447 g/mol. The van der Waals surface area contributed by atoms with Gasteiger partial charge < -0.3 is 15.5 Å². The highest BCUT2D eigenvalue weighted by molar-refractivity contribution is 6.24. The molecule has 4 rings (SSSR count). The highest BCUT2D eigenvalue weighted by Gasteiger charge is 2.35. The van der Waals surface area contributed by atoms with E-state index in [0.717, 1.165) is 11.1 Å². The molecule has 33 heavy (non-hydrogen) atoms. The number of hydrogen-bond acceptors (Lipinski definition) is 5. The maximum Gasteiger partial charge on any atom is 0.238 e. The molecule has 0 fully saturated rings. The number of amides is 1. The number of halogens is 1. The lowest BCUT2D eigenvalue weighted by atomic mass is 9.90. The van der Waals surface area contributed by atoms with E-state index in [0.29, 0.717) is 42.3 Å². The van der Waals surface area contributed by atoms with Crippen LogP contribution in [0.5, 0.6) is 0 Å². The summed E-state index contributed by atoms with van der Waals surface area (Å²) in [6, 6.07) is 21.5. The van der Waals surface area contributed by atoms with E-state index in [1.165, 1.54) is 12.1 Å². The SMILES string of the molecule is O=C1Nc2cc(F)ccc2C1C(=Nc1ccc(CN(CCO)CCO)cc1)c1ccccc1. The molecule has 0 bridgehead atoms. The fourth-order valence-electron chi connectivity index (χ4n) is 4.04. The van der Waals surface area contributed by atoms with Crippen molar-refractivity contribution in [3.63, 3.8) is 0 Å². The molecule has 1 unspecified atom stereocenters. The lowest BCUT2D eigenvalue weighted by molar-refractivity contribution is -0.115. The van der Waals surface area contributed by atoms with Crippen molar-refractivity contribution in [1.82, 2.24) is 4.90 Å². The zero-order valence-electron chi connectivity index (χ0n) is 18.1. The van der Waals surface area contributed by atoms with Gasteiger partial charge in [-0.25, -0.2) is 4.39 Å². The number of anilines is 1. The summed E-state index contributed by atoms with van der Waals surface area (Å²) in [6.07, 6.45) is 0. The molecule has 0 radical (unpaired) electrons. The second-order valence-electron chi connectivity index (χ2n) is 7.91. The van der Waals surface area contributed by atoms with Crippen LogP contribution in [0.2, 0.25) is 0 Å². The molecule has 0 spiro atoms. The zero-order valence-corrected chi connectivity index (χ0v) is 18.1. The number of carbonyl (C=O) groups is 1. The van der Waals surface area contributed by atoms with Gasteiger partial charge in [-0.15, -0.1) is 0 Å². The Morgan fingerprint density at radius 2 is 1.67 bits per heavy atom. The topological polar surface area (TPSA) is 85.2 Å². The summed E-state index contributed by atoms with van der Waals surface area (Å²) in [5, 5.41) is 21.2. The summed E-state index contributed by atoms with van der Waals surface area (Å²) >= 11 is 0. The van der Waals surface area contributed by atoms with Gasteiger partial charge in [0.2, 0.25) is 5.91 Å². The quantitative estimate of drug-likeness (QED) is 0.439. The molecule has 3 aromatic rings. The Labute approximate surface area is 192 Å². The molecular formula is C26H26FN3O3. The van der Waals surface area contributed by atoms with Crippen LogP contribution in [0.25, 0.3) is 0 Å². The number of fused-ring (bicyclic) bond motifs is 1. The largest absolute Gasteiger partial charge is 0.395 e.